The minimum Gasteiger partial charge on any atom is -0.395 e. The fraction of sp³-hybridized carbons (Fsp3) is 0.800. The maximum Gasteiger partial charge on any atom is 0.231 e. The van der Waals surface area contributed by atoms with E-state index in [-0.39, 0.29) is 19.8 Å². The molecule has 0 bridgehead atoms. The van der Waals surface area contributed by atoms with Crippen LogP contribution in [0.25, 0.3) is 0 Å². The van der Waals surface area contributed by atoms with E-state index in [0.29, 0.717) is 0 Å². The number of rotatable bonds is 5. The summed E-state index contributed by atoms with van der Waals surface area (Å²) in [5.41, 5.74) is 4.79. The van der Waals surface area contributed by atoms with Crippen molar-refractivity contribution in [2.75, 3.05) is 19.8 Å². The lowest BCUT2D eigenvalue weighted by Crippen LogP contribution is -2.40. The fourth-order valence-corrected chi connectivity index (χ4v) is 0.432. The molecule has 5 nitrogen and oxygen atoms in total. The molecular formula is C5H12N2O3. The third-order valence-corrected chi connectivity index (χ3v) is 1.01. The van der Waals surface area contributed by atoms with Gasteiger partial charge in [0.05, 0.1) is 25.8 Å². The van der Waals surface area contributed by atoms with Crippen molar-refractivity contribution in [1.29, 1.82) is 0 Å². The second kappa shape index (κ2) is 5.16. The number of nitrogens with one attached hydrogen (secondary N) is 1. The normalized spacial score (nSPS) is 10.3. The van der Waals surface area contributed by atoms with Crippen molar-refractivity contribution >= 4 is 5.91 Å². The van der Waals surface area contributed by atoms with E-state index >= 15 is 0 Å². The minimum absolute atomic E-state index is 0.0220. The van der Waals surface area contributed by atoms with Crippen LogP contribution in [0.15, 0.2) is 0 Å². The molecule has 5 heteroatoms. The molecule has 60 valence electrons. The number of amides is 1. The third-order valence-electron chi connectivity index (χ3n) is 1.01. The van der Waals surface area contributed by atoms with Gasteiger partial charge in [-0.3, -0.25) is 4.79 Å². The Labute approximate surface area is 58.8 Å². The average Bonchev–Trinajstić information content (AvgIpc) is 1.90. The van der Waals surface area contributed by atoms with E-state index in [4.69, 9.17) is 15.9 Å². The van der Waals surface area contributed by atoms with Crippen LogP contribution in [0, 0.1) is 0 Å². The van der Waals surface area contributed by atoms with E-state index in [1.807, 2.05) is 0 Å². The number of hydrogen-bond acceptors (Lipinski definition) is 4. The third kappa shape index (κ3) is 4.25. The van der Waals surface area contributed by atoms with Gasteiger partial charge in [0.2, 0.25) is 5.91 Å². The van der Waals surface area contributed by atoms with Gasteiger partial charge in [0.25, 0.3) is 0 Å². The van der Waals surface area contributed by atoms with Gasteiger partial charge in [-0.05, 0) is 0 Å². The number of nitrogens with two attached hydrogens (primary N) is 1. The van der Waals surface area contributed by atoms with Gasteiger partial charge in [-0.1, -0.05) is 0 Å². The Bertz CT molecular complexity index is 103. The molecule has 10 heavy (non-hydrogen) atoms. The smallest absolute Gasteiger partial charge is 0.231 e. The molecule has 0 aliphatic heterocycles. The first-order chi connectivity index (χ1) is 4.70. The number of aliphatic hydroxyl groups excluding tert-OH is 2. The first-order valence-electron chi connectivity index (χ1n) is 2.94. The first-order valence-corrected chi connectivity index (χ1v) is 2.94. The monoisotopic (exact) mass is 148 g/mol. The average molecular weight is 148 g/mol. The van der Waals surface area contributed by atoms with Crippen LogP contribution < -0.4 is 11.1 Å². The second-order valence-electron chi connectivity index (χ2n) is 1.91. The van der Waals surface area contributed by atoms with E-state index in [1.165, 1.54) is 0 Å². The highest BCUT2D eigenvalue weighted by Gasteiger charge is 2.04. The topological polar surface area (TPSA) is 95.6 Å². The summed E-state index contributed by atoms with van der Waals surface area (Å²) in [6.07, 6.45) is 0. The SMILES string of the molecule is NC(=O)CNC(CO)CO. The Morgan fingerprint density at radius 1 is 1.50 bits per heavy atom. The molecule has 0 aliphatic carbocycles. The van der Waals surface area contributed by atoms with E-state index in [0.717, 1.165) is 0 Å². The molecule has 0 aliphatic rings. The molecule has 0 radical (unpaired) electrons. The second-order valence-corrected chi connectivity index (χ2v) is 1.91. The number of carbonyl (C=O) groups is 1. The van der Waals surface area contributed by atoms with Crippen LogP contribution in [0.2, 0.25) is 0 Å². The van der Waals surface area contributed by atoms with Crippen LogP contribution in [0.1, 0.15) is 0 Å². The predicted molar refractivity (Wildman–Crippen MR) is 35.2 cm³/mol. The van der Waals surface area contributed by atoms with Gasteiger partial charge < -0.3 is 21.3 Å². The molecule has 0 heterocycles. The maximum absolute atomic E-state index is 10.1. The highest BCUT2D eigenvalue weighted by atomic mass is 16.3. The van der Waals surface area contributed by atoms with Crippen LogP contribution >= 0.6 is 0 Å². The summed E-state index contributed by atoms with van der Waals surface area (Å²) in [6, 6.07) is -0.451. The number of carbonyl (C=O) groups excluding carboxylic acids is 1. The fourth-order valence-electron chi connectivity index (χ4n) is 0.432. The lowest BCUT2D eigenvalue weighted by atomic mass is 10.3. The van der Waals surface area contributed by atoms with Crippen LogP contribution in [0.4, 0.5) is 0 Å². The van der Waals surface area contributed by atoms with Gasteiger partial charge in [-0.15, -0.1) is 0 Å². The molecule has 0 unspecified atom stereocenters. The molecule has 5 N–H and O–H groups in total. The molecule has 1 amide bonds. The Balaban J connectivity index is 3.34. The van der Waals surface area contributed by atoms with Crippen LogP contribution in [0.3, 0.4) is 0 Å². The first kappa shape index (κ1) is 9.35. The van der Waals surface area contributed by atoms with Gasteiger partial charge in [0.1, 0.15) is 0 Å². The molecule has 0 rings (SSSR count). The van der Waals surface area contributed by atoms with Crippen molar-refractivity contribution in [3.63, 3.8) is 0 Å². The maximum atomic E-state index is 10.1. The molecule has 0 atom stereocenters. The number of primary amides is 1. The highest BCUT2D eigenvalue weighted by Crippen LogP contribution is 1.76. The van der Waals surface area contributed by atoms with Gasteiger partial charge in [0, 0.05) is 0 Å². The van der Waals surface area contributed by atoms with E-state index < -0.39 is 11.9 Å². The summed E-state index contributed by atoms with van der Waals surface area (Å²) in [5, 5.41) is 19.5. The van der Waals surface area contributed by atoms with Crippen LogP contribution in [-0.4, -0.2) is 41.9 Å². The zero-order valence-corrected chi connectivity index (χ0v) is 5.58. The quantitative estimate of drug-likeness (QED) is 0.344. The van der Waals surface area contributed by atoms with Crippen molar-refractivity contribution in [2.45, 2.75) is 6.04 Å². The van der Waals surface area contributed by atoms with Crippen molar-refractivity contribution in [1.82, 2.24) is 5.32 Å². The number of aliphatic hydroxyl groups is 2. The zero-order valence-electron chi connectivity index (χ0n) is 5.58. The largest absolute Gasteiger partial charge is 0.395 e. The lowest BCUT2D eigenvalue weighted by molar-refractivity contribution is -0.117. The summed E-state index contributed by atoms with van der Waals surface area (Å²) < 4.78 is 0. The Kier molecular flexibility index (Phi) is 4.82. The molecule has 0 saturated heterocycles. The molecule has 0 spiro atoms. The Hall–Kier alpha value is -0.650. The van der Waals surface area contributed by atoms with Crippen molar-refractivity contribution in [3.8, 4) is 0 Å². The molecular weight excluding hydrogens is 136 g/mol. The van der Waals surface area contributed by atoms with Crippen molar-refractivity contribution in [3.05, 3.63) is 0 Å². The van der Waals surface area contributed by atoms with Gasteiger partial charge in [-0.2, -0.15) is 0 Å². The van der Waals surface area contributed by atoms with Gasteiger partial charge in [-0.25, -0.2) is 0 Å². The summed E-state index contributed by atoms with van der Waals surface area (Å²) in [6.45, 7) is -0.431. The Morgan fingerprint density at radius 3 is 2.30 bits per heavy atom. The minimum atomic E-state index is -0.507. The Morgan fingerprint density at radius 2 is 2.00 bits per heavy atom. The molecule has 0 aromatic heterocycles. The standard InChI is InChI=1S/C5H12N2O3/c6-5(10)1-7-4(2-8)3-9/h4,7-9H,1-3H2,(H2,6,10). The summed E-state index contributed by atoms with van der Waals surface area (Å²) in [5.74, 6) is -0.507. The molecule has 0 saturated carbocycles. The van der Waals surface area contributed by atoms with Crippen LogP contribution in [0.5, 0.6) is 0 Å². The van der Waals surface area contributed by atoms with Crippen molar-refractivity contribution in [2.24, 2.45) is 5.73 Å². The summed E-state index contributed by atoms with van der Waals surface area (Å²) in [7, 11) is 0. The number of hydrogen-bond donors (Lipinski definition) is 4. The van der Waals surface area contributed by atoms with E-state index in [2.05, 4.69) is 5.32 Å². The lowest BCUT2D eigenvalue weighted by Gasteiger charge is -2.10. The van der Waals surface area contributed by atoms with Gasteiger partial charge in [0.15, 0.2) is 0 Å². The van der Waals surface area contributed by atoms with Crippen LogP contribution in [-0.2, 0) is 4.79 Å². The summed E-state index contributed by atoms with van der Waals surface area (Å²) in [4.78, 5) is 10.1. The molecule has 0 fully saturated rings. The predicted octanol–water partition coefficient (Wildman–Crippen LogP) is -2.59. The molecule has 0 aromatic rings. The highest BCUT2D eigenvalue weighted by molar-refractivity contribution is 5.75. The molecule has 0 aromatic carbocycles. The van der Waals surface area contributed by atoms with Crippen molar-refractivity contribution < 1.29 is 15.0 Å². The zero-order chi connectivity index (χ0) is 7.98. The van der Waals surface area contributed by atoms with E-state index in [9.17, 15) is 4.79 Å². The van der Waals surface area contributed by atoms with Gasteiger partial charge >= 0.3 is 0 Å². The summed E-state index contributed by atoms with van der Waals surface area (Å²) >= 11 is 0. The van der Waals surface area contributed by atoms with E-state index in [1.54, 1.807) is 0 Å².